The van der Waals surface area contributed by atoms with Crippen molar-refractivity contribution in [2.75, 3.05) is 11.5 Å². The smallest absolute Gasteiger partial charge is 0.313 e. The van der Waals surface area contributed by atoms with Crippen LogP contribution < -0.4 is 5.43 Å². The number of thioether (sulfide) groups is 1. The predicted octanol–water partition coefficient (Wildman–Crippen LogP) is 1.10. The molecule has 1 heterocycles. The van der Waals surface area contributed by atoms with Crippen LogP contribution in [0.3, 0.4) is 0 Å². The van der Waals surface area contributed by atoms with Gasteiger partial charge in [-0.15, -0.1) is 11.8 Å². The van der Waals surface area contributed by atoms with Gasteiger partial charge in [-0.3, -0.25) is 15.0 Å². The Morgan fingerprint density at radius 3 is 2.41 bits per heavy atom. The number of carbonyl (C=O) groups is 2. The lowest BCUT2D eigenvalue weighted by Crippen LogP contribution is -2.54. The second-order valence-electron chi connectivity index (χ2n) is 4.46. The minimum atomic E-state index is -0.887. The van der Waals surface area contributed by atoms with Crippen molar-refractivity contribution in [2.24, 2.45) is 0 Å². The number of carboxylic acids is 1. The first-order valence-corrected chi connectivity index (χ1v) is 7.03. The molecule has 17 heavy (non-hydrogen) atoms. The van der Waals surface area contributed by atoms with E-state index in [-0.39, 0.29) is 17.4 Å². The van der Waals surface area contributed by atoms with Crippen molar-refractivity contribution in [3.05, 3.63) is 0 Å². The van der Waals surface area contributed by atoms with Gasteiger partial charge in [-0.25, -0.2) is 5.01 Å². The molecular formula is C11H20N2O3S. The first kappa shape index (κ1) is 14.3. The number of hydrogen-bond donors (Lipinski definition) is 2. The van der Waals surface area contributed by atoms with Gasteiger partial charge in [0.25, 0.3) is 0 Å². The molecule has 2 N–H and O–H groups in total. The third kappa shape index (κ3) is 4.95. The molecule has 0 saturated carbocycles. The lowest BCUT2D eigenvalue weighted by atomic mass is 10.00. The van der Waals surface area contributed by atoms with Gasteiger partial charge in [0.1, 0.15) is 0 Å². The van der Waals surface area contributed by atoms with Gasteiger partial charge in [-0.2, -0.15) is 0 Å². The molecule has 0 aromatic heterocycles. The van der Waals surface area contributed by atoms with E-state index in [1.807, 2.05) is 5.01 Å². The molecule has 6 heteroatoms. The number of carbonyl (C=O) groups excluding carboxylic acids is 1. The van der Waals surface area contributed by atoms with Crippen molar-refractivity contribution in [3.8, 4) is 0 Å². The number of piperidine rings is 1. The Hall–Kier alpha value is -0.750. The molecule has 2 unspecified atom stereocenters. The normalized spacial score (nSPS) is 25.5. The predicted molar refractivity (Wildman–Crippen MR) is 67.7 cm³/mol. The van der Waals surface area contributed by atoms with Crippen LogP contribution in [0.1, 0.15) is 33.1 Å². The molecule has 0 aliphatic carbocycles. The number of aliphatic carboxylic acids is 1. The zero-order chi connectivity index (χ0) is 12.8. The van der Waals surface area contributed by atoms with Crippen LogP contribution >= 0.6 is 11.8 Å². The molecule has 0 radical (unpaired) electrons. The van der Waals surface area contributed by atoms with Gasteiger partial charge >= 0.3 is 5.97 Å². The maximum atomic E-state index is 11.6. The lowest BCUT2D eigenvalue weighted by Gasteiger charge is -2.38. The van der Waals surface area contributed by atoms with Gasteiger partial charge in [0, 0.05) is 12.1 Å². The van der Waals surface area contributed by atoms with Crippen LogP contribution in [-0.4, -0.2) is 45.6 Å². The topological polar surface area (TPSA) is 69.6 Å². The van der Waals surface area contributed by atoms with Crippen LogP contribution in [0.5, 0.6) is 0 Å². The summed E-state index contributed by atoms with van der Waals surface area (Å²) in [4.78, 5) is 21.9. The number of nitrogens with zero attached hydrogens (tertiary/aromatic N) is 1. The molecule has 1 fully saturated rings. The summed E-state index contributed by atoms with van der Waals surface area (Å²) in [5.41, 5.74) is 2.87. The van der Waals surface area contributed by atoms with Crippen molar-refractivity contribution < 1.29 is 14.7 Å². The van der Waals surface area contributed by atoms with Gasteiger partial charge in [0.05, 0.1) is 11.5 Å². The van der Waals surface area contributed by atoms with Gasteiger partial charge in [-0.1, -0.05) is 6.42 Å². The Kier molecular flexibility index (Phi) is 5.77. The van der Waals surface area contributed by atoms with Crippen molar-refractivity contribution in [1.82, 2.24) is 10.4 Å². The summed E-state index contributed by atoms with van der Waals surface area (Å²) in [5.74, 6) is -0.833. The summed E-state index contributed by atoms with van der Waals surface area (Å²) in [6.07, 6.45) is 3.38. The molecule has 1 saturated heterocycles. The third-order valence-corrected chi connectivity index (χ3v) is 3.82. The molecule has 98 valence electrons. The quantitative estimate of drug-likeness (QED) is 0.774. The number of amides is 1. The number of hydrazine groups is 1. The fourth-order valence-corrected chi connectivity index (χ4v) is 2.58. The van der Waals surface area contributed by atoms with Crippen molar-refractivity contribution in [2.45, 2.75) is 45.2 Å². The maximum absolute atomic E-state index is 11.6. The van der Waals surface area contributed by atoms with Crippen molar-refractivity contribution >= 4 is 23.6 Å². The van der Waals surface area contributed by atoms with Gasteiger partial charge in [0.15, 0.2) is 0 Å². The third-order valence-electron chi connectivity index (χ3n) is 2.91. The zero-order valence-corrected chi connectivity index (χ0v) is 11.1. The van der Waals surface area contributed by atoms with E-state index in [1.54, 1.807) is 0 Å². The number of nitrogens with one attached hydrogen (secondary N) is 1. The Morgan fingerprint density at radius 1 is 1.29 bits per heavy atom. The molecule has 0 spiro atoms. The maximum Gasteiger partial charge on any atom is 0.313 e. The fraction of sp³-hybridized carbons (Fsp3) is 0.818. The highest BCUT2D eigenvalue weighted by atomic mass is 32.2. The van der Waals surface area contributed by atoms with E-state index in [0.717, 1.165) is 24.6 Å². The van der Waals surface area contributed by atoms with Crippen LogP contribution in [0.15, 0.2) is 0 Å². The van der Waals surface area contributed by atoms with Crippen molar-refractivity contribution in [1.29, 1.82) is 0 Å². The summed E-state index contributed by atoms with van der Waals surface area (Å²) in [7, 11) is 0. The van der Waals surface area contributed by atoms with Crippen LogP contribution in [0.2, 0.25) is 0 Å². The molecule has 1 rings (SSSR count). The van der Waals surface area contributed by atoms with Gasteiger partial charge in [0.2, 0.25) is 5.91 Å². The Balaban J connectivity index is 2.31. The first-order valence-electron chi connectivity index (χ1n) is 5.88. The van der Waals surface area contributed by atoms with E-state index in [9.17, 15) is 9.59 Å². The molecule has 0 bridgehead atoms. The van der Waals surface area contributed by atoms with E-state index < -0.39 is 5.97 Å². The average molecular weight is 260 g/mol. The van der Waals surface area contributed by atoms with Crippen LogP contribution in [0.25, 0.3) is 0 Å². The highest BCUT2D eigenvalue weighted by Gasteiger charge is 2.25. The first-order chi connectivity index (χ1) is 8.00. The van der Waals surface area contributed by atoms with E-state index in [1.165, 1.54) is 6.42 Å². The molecule has 0 aromatic rings. The number of carboxylic acid groups (broad SMARTS) is 1. The summed E-state index contributed by atoms with van der Waals surface area (Å²) >= 11 is 1.12. The van der Waals surface area contributed by atoms with Crippen LogP contribution in [0, 0.1) is 0 Å². The second kappa shape index (κ2) is 6.86. The molecule has 5 nitrogen and oxygen atoms in total. The summed E-state index contributed by atoms with van der Waals surface area (Å²) in [6, 6.07) is 0.708. The highest BCUT2D eigenvalue weighted by Crippen LogP contribution is 2.20. The minimum absolute atomic E-state index is 0.0292. The molecule has 1 amide bonds. The SMILES string of the molecule is CC1CCCC(C)N1NC(=O)CSCC(=O)O. The second-order valence-corrected chi connectivity index (χ2v) is 5.44. The summed E-state index contributed by atoms with van der Waals surface area (Å²) in [6.45, 7) is 4.20. The summed E-state index contributed by atoms with van der Waals surface area (Å²) in [5, 5.41) is 10.5. The molecule has 1 aliphatic heterocycles. The minimum Gasteiger partial charge on any atom is -0.481 e. The number of rotatable bonds is 5. The lowest BCUT2D eigenvalue weighted by molar-refractivity contribution is -0.133. The Bertz CT molecular complexity index is 276. The molecule has 0 aromatic carbocycles. The van der Waals surface area contributed by atoms with E-state index in [4.69, 9.17) is 5.11 Å². The van der Waals surface area contributed by atoms with E-state index in [0.29, 0.717) is 12.1 Å². The number of hydrogen-bond acceptors (Lipinski definition) is 4. The monoisotopic (exact) mass is 260 g/mol. The Labute approximate surface area is 106 Å². The van der Waals surface area contributed by atoms with Gasteiger partial charge in [-0.05, 0) is 26.7 Å². The average Bonchev–Trinajstić information content (AvgIpc) is 2.23. The highest BCUT2D eigenvalue weighted by molar-refractivity contribution is 8.00. The molecule has 1 aliphatic rings. The van der Waals surface area contributed by atoms with E-state index in [2.05, 4.69) is 19.3 Å². The fourth-order valence-electron chi connectivity index (χ4n) is 2.05. The standard InChI is InChI=1S/C11H20N2O3S/c1-8-4-3-5-9(2)13(8)12-10(14)6-17-7-11(15)16/h8-9H,3-7H2,1-2H3,(H,12,14)(H,15,16). The Morgan fingerprint density at radius 2 is 1.88 bits per heavy atom. The van der Waals surface area contributed by atoms with Crippen molar-refractivity contribution in [3.63, 3.8) is 0 Å². The largest absolute Gasteiger partial charge is 0.481 e. The van der Waals surface area contributed by atoms with Crippen LogP contribution in [0.4, 0.5) is 0 Å². The zero-order valence-electron chi connectivity index (χ0n) is 10.3. The van der Waals surface area contributed by atoms with Crippen LogP contribution in [-0.2, 0) is 9.59 Å². The van der Waals surface area contributed by atoms with E-state index >= 15 is 0 Å². The van der Waals surface area contributed by atoms with Gasteiger partial charge < -0.3 is 5.11 Å². The molecular weight excluding hydrogens is 240 g/mol. The summed E-state index contributed by atoms with van der Waals surface area (Å²) < 4.78 is 0. The molecule has 2 atom stereocenters.